The van der Waals surface area contributed by atoms with Gasteiger partial charge in [0, 0.05) is 31.9 Å². The predicted octanol–water partition coefficient (Wildman–Crippen LogP) is 3.55. The van der Waals surface area contributed by atoms with Crippen LogP contribution in [0, 0.1) is 11.8 Å². The van der Waals surface area contributed by atoms with Crippen LogP contribution in [0.3, 0.4) is 0 Å². The van der Waals surface area contributed by atoms with E-state index in [1.807, 2.05) is 23.1 Å². The van der Waals surface area contributed by atoms with Crippen LogP contribution in [0.15, 0.2) is 24.3 Å². The molecule has 2 aliphatic heterocycles. The van der Waals surface area contributed by atoms with Crippen molar-refractivity contribution in [3.05, 3.63) is 29.8 Å². The number of para-hydroxylation sites is 1. The van der Waals surface area contributed by atoms with Crippen LogP contribution in [0.1, 0.15) is 56.3 Å². The zero-order valence-corrected chi connectivity index (χ0v) is 15.7. The van der Waals surface area contributed by atoms with Crippen LogP contribution < -0.4 is 4.90 Å². The number of benzene rings is 1. The van der Waals surface area contributed by atoms with Gasteiger partial charge >= 0.3 is 0 Å². The molecule has 4 nitrogen and oxygen atoms in total. The minimum atomic E-state index is -0.228. The van der Waals surface area contributed by atoms with Gasteiger partial charge in [0.15, 0.2) is 0 Å². The summed E-state index contributed by atoms with van der Waals surface area (Å²) in [7, 11) is 0. The summed E-state index contributed by atoms with van der Waals surface area (Å²) in [5.41, 5.74) is 1.93. The smallest absolute Gasteiger partial charge is 0.255 e. The normalized spacial score (nSPS) is 20.3. The van der Waals surface area contributed by atoms with Crippen molar-refractivity contribution in [1.29, 1.82) is 0 Å². The number of nitrogens with zero attached hydrogens (tertiary/aromatic N) is 2. The maximum absolute atomic E-state index is 13.1. The average Bonchev–Trinajstić information content (AvgIpc) is 3.15. The fourth-order valence-corrected chi connectivity index (χ4v) is 4.22. The second-order valence-corrected chi connectivity index (χ2v) is 8.04. The maximum Gasteiger partial charge on any atom is 0.255 e. The molecule has 0 aromatic heterocycles. The van der Waals surface area contributed by atoms with Crippen LogP contribution in [0.4, 0.5) is 5.69 Å². The Morgan fingerprint density at radius 2 is 1.76 bits per heavy atom. The van der Waals surface area contributed by atoms with E-state index in [2.05, 4.69) is 24.8 Å². The summed E-state index contributed by atoms with van der Waals surface area (Å²) >= 11 is 0. The van der Waals surface area contributed by atoms with Gasteiger partial charge in [-0.25, -0.2) is 0 Å². The maximum atomic E-state index is 13.1. The molecule has 2 saturated heterocycles. The number of aliphatic hydroxyl groups excluding tert-OH is 1. The molecule has 2 heterocycles. The first-order chi connectivity index (χ1) is 12.1. The lowest BCUT2D eigenvalue weighted by Crippen LogP contribution is -2.42. The van der Waals surface area contributed by atoms with E-state index in [-0.39, 0.29) is 12.0 Å². The van der Waals surface area contributed by atoms with Gasteiger partial charge in [0.1, 0.15) is 0 Å². The minimum Gasteiger partial charge on any atom is -0.393 e. The second-order valence-electron chi connectivity index (χ2n) is 8.04. The number of hydrogen-bond acceptors (Lipinski definition) is 3. The van der Waals surface area contributed by atoms with Gasteiger partial charge in [-0.15, -0.1) is 0 Å². The minimum absolute atomic E-state index is 0.152. The number of carbonyl (C=O) groups excluding carboxylic acids is 1. The molecule has 25 heavy (non-hydrogen) atoms. The van der Waals surface area contributed by atoms with Crippen molar-refractivity contribution < 1.29 is 9.90 Å². The lowest BCUT2D eigenvalue weighted by Gasteiger charge is -2.35. The number of likely N-dealkylation sites (tertiary alicyclic amines) is 1. The highest BCUT2D eigenvalue weighted by atomic mass is 16.3. The first kappa shape index (κ1) is 18.2. The molecule has 0 saturated carbocycles. The van der Waals surface area contributed by atoms with Crippen molar-refractivity contribution in [2.24, 2.45) is 11.8 Å². The highest BCUT2D eigenvalue weighted by molar-refractivity contribution is 6.00. The fraction of sp³-hybridized carbons (Fsp3) is 0.667. The van der Waals surface area contributed by atoms with E-state index < -0.39 is 0 Å². The number of aliphatic hydroxyl groups is 1. The lowest BCUT2D eigenvalue weighted by molar-refractivity contribution is 0.0385. The molecule has 0 spiro atoms. The van der Waals surface area contributed by atoms with Crippen molar-refractivity contribution in [3.63, 3.8) is 0 Å². The van der Waals surface area contributed by atoms with Gasteiger partial charge in [0.2, 0.25) is 0 Å². The van der Waals surface area contributed by atoms with Crippen molar-refractivity contribution in [1.82, 2.24) is 4.90 Å². The van der Waals surface area contributed by atoms with Crippen molar-refractivity contribution in [2.45, 2.75) is 52.1 Å². The Kier molecular flexibility index (Phi) is 6.00. The Labute approximate surface area is 151 Å². The topological polar surface area (TPSA) is 43.8 Å². The molecule has 1 N–H and O–H groups in total. The molecule has 1 aromatic carbocycles. The first-order valence-electron chi connectivity index (χ1n) is 9.87. The van der Waals surface area contributed by atoms with Crippen LogP contribution >= 0.6 is 0 Å². The van der Waals surface area contributed by atoms with Gasteiger partial charge in [0.05, 0.1) is 11.7 Å². The van der Waals surface area contributed by atoms with Crippen molar-refractivity contribution in [3.8, 4) is 0 Å². The Morgan fingerprint density at radius 1 is 1.12 bits per heavy atom. The van der Waals surface area contributed by atoms with Crippen LogP contribution in [0.25, 0.3) is 0 Å². The second kappa shape index (κ2) is 8.22. The summed E-state index contributed by atoms with van der Waals surface area (Å²) in [4.78, 5) is 17.4. The summed E-state index contributed by atoms with van der Waals surface area (Å²) in [6.07, 6.45) is 4.87. The van der Waals surface area contributed by atoms with E-state index in [1.165, 1.54) is 12.8 Å². The third kappa shape index (κ3) is 4.35. The number of anilines is 1. The van der Waals surface area contributed by atoms with Crippen LogP contribution in [-0.2, 0) is 0 Å². The molecule has 1 aromatic rings. The standard InChI is InChI=1S/C21H32N2O2/c1-16(2)15-20(24)17-9-13-23(14-10-17)21(25)18-7-3-4-8-19(18)22-11-5-6-12-22/h3-4,7-8,16-17,20,24H,5-6,9-15H2,1-2H3. The van der Waals surface area contributed by atoms with Crippen LogP contribution in [0.2, 0.25) is 0 Å². The van der Waals surface area contributed by atoms with Crippen LogP contribution in [0.5, 0.6) is 0 Å². The van der Waals surface area contributed by atoms with Gasteiger partial charge in [-0.2, -0.15) is 0 Å². The summed E-state index contributed by atoms with van der Waals surface area (Å²) in [6, 6.07) is 8.04. The predicted molar refractivity (Wildman–Crippen MR) is 102 cm³/mol. The zero-order valence-electron chi connectivity index (χ0n) is 15.7. The molecule has 2 fully saturated rings. The number of piperidine rings is 1. The van der Waals surface area contributed by atoms with E-state index in [0.29, 0.717) is 11.8 Å². The summed E-state index contributed by atoms with van der Waals surface area (Å²) in [5, 5.41) is 10.4. The summed E-state index contributed by atoms with van der Waals surface area (Å²) < 4.78 is 0. The molecule has 0 bridgehead atoms. The molecule has 1 amide bonds. The van der Waals surface area contributed by atoms with Gasteiger partial charge in [-0.3, -0.25) is 4.79 Å². The van der Waals surface area contributed by atoms with Gasteiger partial charge < -0.3 is 14.9 Å². The quantitative estimate of drug-likeness (QED) is 0.888. The highest BCUT2D eigenvalue weighted by Gasteiger charge is 2.29. The van der Waals surface area contributed by atoms with Crippen molar-refractivity contribution in [2.75, 3.05) is 31.1 Å². The van der Waals surface area contributed by atoms with E-state index in [0.717, 1.165) is 56.7 Å². The molecule has 3 rings (SSSR count). The molecule has 138 valence electrons. The highest BCUT2D eigenvalue weighted by Crippen LogP contribution is 2.29. The van der Waals surface area contributed by atoms with Crippen molar-refractivity contribution >= 4 is 11.6 Å². The van der Waals surface area contributed by atoms with E-state index in [4.69, 9.17) is 0 Å². The lowest BCUT2D eigenvalue weighted by atomic mass is 9.87. The van der Waals surface area contributed by atoms with E-state index >= 15 is 0 Å². The third-order valence-electron chi connectivity index (χ3n) is 5.67. The largest absolute Gasteiger partial charge is 0.393 e. The molecular formula is C21H32N2O2. The van der Waals surface area contributed by atoms with Gasteiger partial charge in [0.25, 0.3) is 5.91 Å². The van der Waals surface area contributed by atoms with Crippen LogP contribution in [-0.4, -0.2) is 48.2 Å². The Hall–Kier alpha value is -1.55. The first-order valence-corrected chi connectivity index (χ1v) is 9.87. The van der Waals surface area contributed by atoms with E-state index in [1.54, 1.807) is 0 Å². The fourth-order valence-electron chi connectivity index (χ4n) is 4.22. The molecule has 2 aliphatic rings. The molecule has 1 atom stereocenters. The molecule has 0 radical (unpaired) electrons. The van der Waals surface area contributed by atoms with Gasteiger partial charge in [-0.05, 0) is 56.1 Å². The third-order valence-corrected chi connectivity index (χ3v) is 5.67. The monoisotopic (exact) mass is 344 g/mol. The molecule has 1 unspecified atom stereocenters. The number of amides is 1. The Bertz CT molecular complexity index is 573. The Morgan fingerprint density at radius 3 is 2.40 bits per heavy atom. The van der Waals surface area contributed by atoms with E-state index in [9.17, 15) is 9.90 Å². The number of hydrogen-bond donors (Lipinski definition) is 1. The summed E-state index contributed by atoms with van der Waals surface area (Å²) in [6.45, 7) is 7.91. The molecular weight excluding hydrogens is 312 g/mol. The molecule has 0 aliphatic carbocycles. The Balaban J connectivity index is 1.63. The van der Waals surface area contributed by atoms with Gasteiger partial charge in [-0.1, -0.05) is 26.0 Å². The zero-order chi connectivity index (χ0) is 17.8. The summed E-state index contributed by atoms with van der Waals surface area (Å²) in [5.74, 6) is 1.00. The SMILES string of the molecule is CC(C)CC(O)C1CCN(C(=O)c2ccccc2N2CCCC2)CC1. The number of rotatable bonds is 5. The number of carbonyl (C=O) groups is 1. The molecule has 4 heteroatoms. The average molecular weight is 344 g/mol.